The summed E-state index contributed by atoms with van der Waals surface area (Å²) in [4.78, 5) is 14.1. The van der Waals surface area contributed by atoms with Crippen LogP contribution in [0.1, 0.15) is 17.3 Å². The Morgan fingerprint density at radius 1 is 1.43 bits per heavy atom. The molecule has 0 N–H and O–H groups in total. The molecular weight excluding hydrogens is 178 g/mol. The van der Waals surface area contributed by atoms with E-state index in [9.17, 15) is 4.79 Å². The molecule has 70 valence electrons. The van der Waals surface area contributed by atoms with E-state index in [1.807, 2.05) is 6.07 Å². The zero-order chi connectivity index (χ0) is 10.4. The fourth-order valence-corrected chi connectivity index (χ4v) is 0.988. The van der Waals surface area contributed by atoms with Crippen LogP contribution in [0.25, 0.3) is 10.4 Å². The van der Waals surface area contributed by atoms with E-state index in [4.69, 9.17) is 5.53 Å². The van der Waals surface area contributed by atoms with E-state index in [1.165, 1.54) is 6.20 Å². The lowest BCUT2D eigenvalue weighted by Crippen LogP contribution is -1.99. The monoisotopic (exact) mass is 187 g/mol. The van der Waals surface area contributed by atoms with Gasteiger partial charge in [0.25, 0.3) is 0 Å². The number of Topliss-reactive ketones (excluding diaryl/α,β-unsaturated/α-hetero) is 1. The minimum absolute atomic E-state index is 0.127. The van der Waals surface area contributed by atoms with Crippen molar-refractivity contribution in [1.29, 1.82) is 0 Å². The van der Waals surface area contributed by atoms with Gasteiger partial charge < -0.3 is 0 Å². The predicted octanol–water partition coefficient (Wildman–Crippen LogP) is 3.08. The van der Waals surface area contributed by atoms with Crippen LogP contribution < -0.4 is 0 Å². The van der Waals surface area contributed by atoms with E-state index in [-0.39, 0.29) is 5.78 Å². The molecule has 0 radical (unpaired) electrons. The van der Waals surface area contributed by atoms with Gasteiger partial charge in [-0.05, 0) is 18.0 Å². The maximum atomic E-state index is 11.6. The third-order valence-corrected chi connectivity index (χ3v) is 1.70. The molecule has 0 aliphatic heterocycles. The first kappa shape index (κ1) is 10.0. The standard InChI is InChI=1S/C10H9N3O/c1-8(7-12-13-11)10(14)9-5-3-2-4-6-9/h2-7H,1H3. The number of ketones is 1. The Hall–Kier alpha value is -2.06. The average Bonchev–Trinajstić information content (AvgIpc) is 2.26. The Kier molecular flexibility index (Phi) is 3.47. The van der Waals surface area contributed by atoms with Crippen LogP contribution in [0.2, 0.25) is 0 Å². The summed E-state index contributed by atoms with van der Waals surface area (Å²) in [6.45, 7) is 1.62. The van der Waals surface area contributed by atoms with Gasteiger partial charge in [-0.3, -0.25) is 4.79 Å². The molecule has 14 heavy (non-hydrogen) atoms. The number of azide groups is 1. The van der Waals surface area contributed by atoms with Crippen molar-refractivity contribution in [3.8, 4) is 0 Å². The minimum atomic E-state index is -0.127. The fraction of sp³-hybridized carbons (Fsp3) is 0.100. The maximum absolute atomic E-state index is 11.6. The largest absolute Gasteiger partial charge is 0.289 e. The van der Waals surface area contributed by atoms with Crippen LogP contribution in [0.5, 0.6) is 0 Å². The van der Waals surface area contributed by atoms with Crippen molar-refractivity contribution in [2.24, 2.45) is 5.11 Å². The van der Waals surface area contributed by atoms with Gasteiger partial charge in [0.15, 0.2) is 5.78 Å². The van der Waals surface area contributed by atoms with Gasteiger partial charge >= 0.3 is 0 Å². The van der Waals surface area contributed by atoms with Gasteiger partial charge in [0.2, 0.25) is 0 Å². The van der Waals surface area contributed by atoms with E-state index in [0.29, 0.717) is 11.1 Å². The van der Waals surface area contributed by atoms with Crippen LogP contribution in [0.4, 0.5) is 0 Å². The summed E-state index contributed by atoms with van der Waals surface area (Å²) >= 11 is 0. The quantitative estimate of drug-likeness (QED) is 0.236. The molecule has 0 fully saturated rings. The van der Waals surface area contributed by atoms with E-state index in [2.05, 4.69) is 10.0 Å². The third-order valence-electron chi connectivity index (χ3n) is 1.70. The topological polar surface area (TPSA) is 65.8 Å². The van der Waals surface area contributed by atoms with Crippen molar-refractivity contribution in [3.05, 3.63) is 58.1 Å². The second-order valence-corrected chi connectivity index (χ2v) is 2.71. The van der Waals surface area contributed by atoms with Crippen molar-refractivity contribution in [1.82, 2.24) is 0 Å². The van der Waals surface area contributed by atoms with Gasteiger partial charge in [0, 0.05) is 16.7 Å². The van der Waals surface area contributed by atoms with E-state index >= 15 is 0 Å². The second-order valence-electron chi connectivity index (χ2n) is 2.71. The fourth-order valence-electron chi connectivity index (χ4n) is 0.988. The number of benzene rings is 1. The molecule has 0 unspecified atom stereocenters. The summed E-state index contributed by atoms with van der Waals surface area (Å²) in [6, 6.07) is 8.84. The molecule has 0 aliphatic rings. The van der Waals surface area contributed by atoms with Gasteiger partial charge in [-0.15, -0.1) is 0 Å². The molecule has 0 bridgehead atoms. The number of hydrogen-bond donors (Lipinski definition) is 0. The number of carbonyl (C=O) groups excluding carboxylic acids is 1. The molecule has 0 saturated carbocycles. The molecule has 4 nitrogen and oxygen atoms in total. The van der Waals surface area contributed by atoms with Crippen molar-refractivity contribution in [2.45, 2.75) is 6.92 Å². The van der Waals surface area contributed by atoms with Crippen LogP contribution in [0, 0.1) is 0 Å². The summed E-state index contributed by atoms with van der Waals surface area (Å²) in [5.41, 5.74) is 9.09. The number of allylic oxidation sites excluding steroid dienone is 1. The lowest BCUT2D eigenvalue weighted by molar-refractivity contribution is 0.103. The normalized spacial score (nSPS) is 10.5. The minimum Gasteiger partial charge on any atom is -0.289 e. The maximum Gasteiger partial charge on any atom is 0.188 e. The summed E-state index contributed by atoms with van der Waals surface area (Å²) in [7, 11) is 0. The molecule has 0 aromatic heterocycles. The molecule has 0 heterocycles. The Morgan fingerprint density at radius 2 is 2.07 bits per heavy atom. The van der Waals surface area contributed by atoms with E-state index < -0.39 is 0 Å². The summed E-state index contributed by atoms with van der Waals surface area (Å²) in [6.07, 6.45) is 1.22. The highest BCUT2D eigenvalue weighted by atomic mass is 16.1. The van der Waals surface area contributed by atoms with Crippen molar-refractivity contribution in [3.63, 3.8) is 0 Å². The van der Waals surface area contributed by atoms with Crippen LogP contribution in [-0.4, -0.2) is 5.78 Å². The molecule has 0 amide bonds. The molecule has 1 aromatic rings. The van der Waals surface area contributed by atoms with Gasteiger partial charge in [-0.25, -0.2) is 0 Å². The molecule has 4 heteroatoms. The zero-order valence-corrected chi connectivity index (χ0v) is 7.71. The molecule has 0 atom stereocenters. The Labute approximate surface area is 81.5 Å². The number of hydrogen-bond acceptors (Lipinski definition) is 2. The van der Waals surface area contributed by atoms with Gasteiger partial charge in [-0.2, -0.15) is 0 Å². The highest BCUT2D eigenvalue weighted by molar-refractivity contribution is 6.08. The van der Waals surface area contributed by atoms with Crippen LogP contribution in [-0.2, 0) is 0 Å². The average molecular weight is 187 g/mol. The van der Waals surface area contributed by atoms with Gasteiger partial charge in [-0.1, -0.05) is 35.4 Å². The second kappa shape index (κ2) is 4.84. The lowest BCUT2D eigenvalue weighted by atomic mass is 10.1. The zero-order valence-electron chi connectivity index (χ0n) is 7.71. The first-order valence-corrected chi connectivity index (χ1v) is 4.06. The molecule has 0 saturated heterocycles. The number of carbonyl (C=O) groups is 1. The molecule has 0 aliphatic carbocycles. The SMILES string of the molecule is CC(=CN=[N+]=[N-])C(=O)c1ccccc1. The number of rotatable bonds is 3. The Balaban J connectivity index is 2.92. The van der Waals surface area contributed by atoms with Crippen LogP contribution in [0.3, 0.4) is 0 Å². The summed E-state index contributed by atoms with van der Waals surface area (Å²) in [5.74, 6) is -0.127. The third kappa shape index (κ3) is 2.47. The van der Waals surface area contributed by atoms with Crippen molar-refractivity contribution in [2.75, 3.05) is 0 Å². The molecule has 1 rings (SSSR count). The predicted molar refractivity (Wildman–Crippen MR) is 53.7 cm³/mol. The van der Waals surface area contributed by atoms with Crippen molar-refractivity contribution < 1.29 is 4.79 Å². The lowest BCUT2D eigenvalue weighted by Gasteiger charge is -1.98. The molecule has 1 aromatic carbocycles. The molecule has 0 spiro atoms. The van der Waals surface area contributed by atoms with E-state index in [1.54, 1.807) is 31.2 Å². The van der Waals surface area contributed by atoms with Gasteiger partial charge in [0.05, 0.1) is 0 Å². The Morgan fingerprint density at radius 3 is 2.64 bits per heavy atom. The van der Waals surface area contributed by atoms with Gasteiger partial charge in [0.1, 0.15) is 0 Å². The first-order valence-electron chi connectivity index (χ1n) is 4.06. The highest BCUT2D eigenvalue weighted by Crippen LogP contribution is 2.07. The van der Waals surface area contributed by atoms with Crippen LogP contribution >= 0.6 is 0 Å². The summed E-state index contributed by atoms with van der Waals surface area (Å²) < 4.78 is 0. The van der Waals surface area contributed by atoms with E-state index in [0.717, 1.165) is 0 Å². The Bertz CT molecular complexity index is 403. The first-order chi connectivity index (χ1) is 6.75. The van der Waals surface area contributed by atoms with Crippen LogP contribution in [0.15, 0.2) is 47.2 Å². The highest BCUT2D eigenvalue weighted by Gasteiger charge is 2.05. The summed E-state index contributed by atoms with van der Waals surface area (Å²) in [5, 5.41) is 3.22. The molecular formula is C10H9N3O. The van der Waals surface area contributed by atoms with Crippen molar-refractivity contribution >= 4 is 5.78 Å². The number of nitrogens with zero attached hydrogens (tertiary/aromatic N) is 3. The smallest absolute Gasteiger partial charge is 0.188 e.